The molecule has 0 saturated heterocycles. The van der Waals surface area contributed by atoms with E-state index in [2.05, 4.69) is 35.0 Å². The SMILES string of the molecule is CCCCc1cc(Br)c(O)c(C23CC4CC(CC(C4)C2)C3)c1. The molecule has 0 aliphatic heterocycles. The van der Waals surface area contributed by atoms with Gasteiger partial charge < -0.3 is 5.11 Å². The summed E-state index contributed by atoms with van der Waals surface area (Å²) < 4.78 is 0.909. The van der Waals surface area contributed by atoms with Crippen LogP contribution in [0, 0.1) is 17.8 Å². The lowest BCUT2D eigenvalue weighted by molar-refractivity contribution is -0.00620. The summed E-state index contributed by atoms with van der Waals surface area (Å²) in [7, 11) is 0. The highest BCUT2D eigenvalue weighted by atomic mass is 79.9. The molecule has 4 saturated carbocycles. The van der Waals surface area contributed by atoms with Crippen LogP contribution in [-0.2, 0) is 11.8 Å². The second-order valence-electron chi connectivity index (χ2n) is 8.28. The zero-order valence-electron chi connectivity index (χ0n) is 13.6. The molecule has 22 heavy (non-hydrogen) atoms. The lowest BCUT2D eigenvalue weighted by atomic mass is 9.48. The van der Waals surface area contributed by atoms with E-state index < -0.39 is 0 Å². The summed E-state index contributed by atoms with van der Waals surface area (Å²) in [6.07, 6.45) is 11.9. The van der Waals surface area contributed by atoms with Crippen molar-refractivity contribution < 1.29 is 5.11 Å². The molecule has 1 aromatic rings. The predicted molar refractivity (Wildman–Crippen MR) is 94.3 cm³/mol. The van der Waals surface area contributed by atoms with Gasteiger partial charge in [-0.15, -0.1) is 0 Å². The summed E-state index contributed by atoms with van der Waals surface area (Å²) in [6.45, 7) is 2.25. The van der Waals surface area contributed by atoms with Gasteiger partial charge in [-0.1, -0.05) is 19.4 Å². The molecule has 0 radical (unpaired) electrons. The number of halogens is 1. The van der Waals surface area contributed by atoms with Crippen LogP contribution < -0.4 is 0 Å². The third-order valence-corrected chi connectivity index (χ3v) is 7.16. The van der Waals surface area contributed by atoms with Gasteiger partial charge in [-0.05, 0) is 102 Å². The smallest absolute Gasteiger partial charge is 0.133 e. The first-order valence-electron chi connectivity index (χ1n) is 9.11. The summed E-state index contributed by atoms with van der Waals surface area (Å²) >= 11 is 3.62. The molecule has 0 spiro atoms. The van der Waals surface area contributed by atoms with Gasteiger partial charge in [-0.25, -0.2) is 0 Å². The van der Waals surface area contributed by atoms with Crippen LogP contribution >= 0.6 is 15.9 Å². The monoisotopic (exact) mass is 362 g/mol. The lowest BCUT2D eigenvalue weighted by Gasteiger charge is -2.57. The molecule has 4 bridgehead atoms. The highest BCUT2D eigenvalue weighted by Crippen LogP contribution is 2.62. The molecular weight excluding hydrogens is 336 g/mol. The quantitative estimate of drug-likeness (QED) is 0.699. The molecule has 0 unspecified atom stereocenters. The van der Waals surface area contributed by atoms with Gasteiger partial charge in [0.1, 0.15) is 5.75 Å². The summed E-state index contributed by atoms with van der Waals surface area (Å²) in [5.74, 6) is 3.29. The maximum atomic E-state index is 10.8. The Balaban J connectivity index is 1.73. The fraction of sp³-hybridized carbons (Fsp3) is 0.700. The van der Waals surface area contributed by atoms with Crippen LogP contribution in [0.5, 0.6) is 5.75 Å². The lowest BCUT2D eigenvalue weighted by Crippen LogP contribution is -2.48. The third-order valence-electron chi connectivity index (χ3n) is 6.55. The highest BCUT2D eigenvalue weighted by Gasteiger charge is 2.52. The number of benzene rings is 1. The first-order valence-corrected chi connectivity index (χ1v) is 9.91. The highest BCUT2D eigenvalue weighted by molar-refractivity contribution is 9.10. The molecule has 0 atom stereocenters. The van der Waals surface area contributed by atoms with Crippen molar-refractivity contribution in [2.75, 3.05) is 0 Å². The Morgan fingerprint density at radius 1 is 1.09 bits per heavy atom. The van der Waals surface area contributed by atoms with E-state index in [1.165, 1.54) is 62.5 Å². The predicted octanol–water partition coefficient (Wildman–Crippen LogP) is 5.97. The molecule has 2 heteroatoms. The van der Waals surface area contributed by atoms with Crippen molar-refractivity contribution in [3.63, 3.8) is 0 Å². The Morgan fingerprint density at radius 3 is 2.23 bits per heavy atom. The van der Waals surface area contributed by atoms with Crippen molar-refractivity contribution in [3.8, 4) is 5.75 Å². The molecule has 4 aliphatic carbocycles. The summed E-state index contributed by atoms with van der Waals surface area (Å²) in [6, 6.07) is 4.48. The number of unbranched alkanes of at least 4 members (excludes halogenated alkanes) is 1. The number of phenols is 1. The summed E-state index contributed by atoms with van der Waals surface area (Å²) in [5.41, 5.74) is 2.95. The second kappa shape index (κ2) is 5.54. The van der Waals surface area contributed by atoms with E-state index >= 15 is 0 Å². The topological polar surface area (TPSA) is 20.2 Å². The van der Waals surface area contributed by atoms with Crippen LogP contribution in [0.1, 0.15) is 69.4 Å². The van der Waals surface area contributed by atoms with Crippen LogP contribution in [0.3, 0.4) is 0 Å². The van der Waals surface area contributed by atoms with Crippen molar-refractivity contribution >= 4 is 15.9 Å². The zero-order chi connectivity index (χ0) is 15.3. The molecule has 1 nitrogen and oxygen atoms in total. The Kier molecular flexibility index (Phi) is 3.79. The van der Waals surface area contributed by atoms with Gasteiger partial charge in [0, 0.05) is 5.56 Å². The molecule has 120 valence electrons. The Bertz CT molecular complexity index is 542. The minimum absolute atomic E-state index is 0.281. The van der Waals surface area contributed by atoms with E-state index in [1.54, 1.807) is 0 Å². The number of aryl methyl sites for hydroxylation is 1. The molecule has 1 aromatic carbocycles. The van der Waals surface area contributed by atoms with Gasteiger partial charge in [-0.2, -0.15) is 0 Å². The van der Waals surface area contributed by atoms with E-state index in [-0.39, 0.29) is 5.41 Å². The standard InChI is InChI=1S/C20H27BrO/c1-2-3-4-13-8-17(19(22)18(21)9-13)20-10-14-5-15(11-20)7-16(6-14)12-20/h8-9,14-16,22H,2-7,10-12H2,1H3. The van der Waals surface area contributed by atoms with Gasteiger partial charge >= 0.3 is 0 Å². The molecule has 1 N–H and O–H groups in total. The van der Waals surface area contributed by atoms with Crippen LogP contribution in [0.2, 0.25) is 0 Å². The maximum absolute atomic E-state index is 10.8. The van der Waals surface area contributed by atoms with Crippen molar-refractivity contribution in [1.82, 2.24) is 0 Å². The van der Waals surface area contributed by atoms with Crippen molar-refractivity contribution in [3.05, 3.63) is 27.7 Å². The number of hydrogen-bond donors (Lipinski definition) is 1. The molecule has 5 rings (SSSR count). The normalized spacial score (nSPS) is 36.0. The summed E-state index contributed by atoms with van der Waals surface area (Å²) in [5, 5.41) is 10.8. The Morgan fingerprint density at radius 2 is 1.68 bits per heavy atom. The number of rotatable bonds is 4. The largest absolute Gasteiger partial charge is 0.506 e. The average molecular weight is 363 g/mol. The van der Waals surface area contributed by atoms with Crippen molar-refractivity contribution in [2.24, 2.45) is 17.8 Å². The number of hydrogen-bond acceptors (Lipinski definition) is 1. The molecule has 4 fully saturated rings. The molecule has 0 aromatic heterocycles. The fourth-order valence-electron chi connectivity index (χ4n) is 6.03. The van der Waals surface area contributed by atoms with E-state index in [9.17, 15) is 5.11 Å². The zero-order valence-corrected chi connectivity index (χ0v) is 15.2. The second-order valence-corrected chi connectivity index (χ2v) is 9.13. The third kappa shape index (κ3) is 2.42. The van der Waals surface area contributed by atoms with E-state index in [4.69, 9.17) is 0 Å². The average Bonchev–Trinajstić information content (AvgIpc) is 2.46. The molecular formula is C20H27BrO. The molecule has 4 aliphatic rings. The van der Waals surface area contributed by atoms with Crippen LogP contribution in [0.25, 0.3) is 0 Å². The first-order chi connectivity index (χ1) is 10.6. The minimum atomic E-state index is 0.281. The van der Waals surface area contributed by atoms with Crippen LogP contribution in [0.15, 0.2) is 16.6 Å². The Labute approximate surface area is 142 Å². The van der Waals surface area contributed by atoms with E-state index in [0.29, 0.717) is 5.75 Å². The van der Waals surface area contributed by atoms with E-state index in [1.807, 2.05) is 0 Å². The van der Waals surface area contributed by atoms with Gasteiger partial charge in [-0.3, -0.25) is 0 Å². The van der Waals surface area contributed by atoms with Crippen LogP contribution in [0.4, 0.5) is 0 Å². The fourth-order valence-corrected chi connectivity index (χ4v) is 6.53. The Hall–Kier alpha value is -0.500. The van der Waals surface area contributed by atoms with E-state index in [0.717, 1.165) is 28.6 Å². The van der Waals surface area contributed by atoms with Crippen LogP contribution in [-0.4, -0.2) is 5.11 Å². The first kappa shape index (κ1) is 15.1. The minimum Gasteiger partial charge on any atom is -0.506 e. The maximum Gasteiger partial charge on any atom is 0.133 e. The van der Waals surface area contributed by atoms with Crippen molar-refractivity contribution in [1.29, 1.82) is 0 Å². The molecule has 0 amide bonds. The number of phenolic OH excluding ortho intramolecular Hbond substituents is 1. The van der Waals surface area contributed by atoms with Gasteiger partial charge in [0.05, 0.1) is 4.47 Å². The van der Waals surface area contributed by atoms with Gasteiger partial charge in [0.2, 0.25) is 0 Å². The van der Waals surface area contributed by atoms with Crippen molar-refractivity contribution in [2.45, 2.75) is 70.1 Å². The number of aromatic hydroxyl groups is 1. The molecule has 0 heterocycles. The summed E-state index contributed by atoms with van der Waals surface area (Å²) in [4.78, 5) is 0. The van der Waals surface area contributed by atoms with Gasteiger partial charge in [0.25, 0.3) is 0 Å². The van der Waals surface area contributed by atoms with Gasteiger partial charge in [0.15, 0.2) is 0 Å².